The lowest BCUT2D eigenvalue weighted by atomic mass is 10.1. The van der Waals surface area contributed by atoms with Crippen molar-refractivity contribution in [2.75, 3.05) is 6.54 Å². The Balaban J connectivity index is 3.03. The van der Waals surface area contributed by atoms with Gasteiger partial charge in [0.2, 0.25) is 10.0 Å². The number of sulfonamides is 1. The maximum absolute atomic E-state index is 12.3. The molecule has 1 rings (SSSR count). The van der Waals surface area contributed by atoms with Gasteiger partial charge in [0.05, 0.1) is 4.90 Å². The summed E-state index contributed by atoms with van der Waals surface area (Å²) in [5, 5.41) is 0. The first-order valence-corrected chi connectivity index (χ1v) is 8.54. The highest BCUT2D eigenvalue weighted by Gasteiger charge is 2.18. The zero-order valence-electron chi connectivity index (χ0n) is 11.5. The van der Waals surface area contributed by atoms with Crippen molar-refractivity contribution in [3.05, 3.63) is 27.7 Å². The second kappa shape index (κ2) is 6.83. The van der Waals surface area contributed by atoms with Crippen molar-refractivity contribution in [1.82, 2.24) is 4.72 Å². The lowest BCUT2D eigenvalue weighted by Crippen LogP contribution is -2.26. The van der Waals surface area contributed by atoms with Gasteiger partial charge in [0.25, 0.3) is 0 Å². The zero-order valence-corrected chi connectivity index (χ0v) is 13.9. The molecule has 0 heterocycles. The summed E-state index contributed by atoms with van der Waals surface area (Å²) in [6.45, 7) is 6.66. The highest BCUT2D eigenvalue weighted by atomic mass is 79.9. The van der Waals surface area contributed by atoms with E-state index >= 15 is 0 Å². The van der Waals surface area contributed by atoms with E-state index in [2.05, 4.69) is 34.5 Å². The quantitative estimate of drug-likeness (QED) is 0.829. The van der Waals surface area contributed by atoms with Gasteiger partial charge in [0.15, 0.2) is 0 Å². The van der Waals surface area contributed by atoms with E-state index < -0.39 is 10.0 Å². The standard InChI is InChI=1S/C13H21BrN2O2S/c1-9(2)4-5-16-19(17,18)13-7-11(8-15)6-12(14)10(13)3/h6-7,9,16H,4-5,8,15H2,1-3H3. The van der Waals surface area contributed by atoms with Gasteiger partial charge in [-0.2, -0.15) is 0 Å². The van der Waals surface area contributed by atoms with Crippen molar-refractivity contribution in [2.24, 2.45) is 11.7 Å². The molecule has 0 saturated carbocycles. The average molecular weight is 349 g/mol. The van der Waals surface area contributed by atoms with Crippen LogP contribution in [0.1, 0.15) is 31.4 Å². The number of hydrogen-bond acceptors (Lipinski definition) is 3. The smallest absolute Gasteiger partial charge is 0.240 e. The molecule has 6 heteroatoms. The molecular weight excluding hydrogens is 328 g/mol. The summed E-state index contributed by atoms with van der Waals surface area (Å²) in [5.74, 6) is 0.464. The Morgan fingerprint density at radius 3 is 2.53 bits per heavy atom. The molecule has 0 amide bonds. The summed E-state index contributed by atoms with van der Waals surface area (Å²) in [7, 11) is -3.48. The Labute approximate surface area is 124 Å². The minimum Gasteiger partial charge on any atom is -0.326 e. The fraction of sp³-hybridized carbons (Fsp3) is 0.538. The Hall–Kier alpha value is -0.430. The van der Waals surface area contributed by atoms with E-state index in [4.69, 9.17) is 5.73 Å². The molecule has 19 heavy (non-hydrogen) atoms. The summed E-state index contributed by atoms with van der Waals surface area (Å²) in [6, 6.07) is 3.49. The Morgan fingerprint density at radius 2 is 2.00 bits per heavy atom. The van der Waals surface area contributed by atoms with Gasteiger partial charge in [-0.05, 0) is 42.5 Å². The van der Waals surface area contributed by atoms with Crippen molar-refractivity contribution in [2.45, 2.75) is 38.6 Å². The minimum atomic E-state index is -3.48. The van der Waals surface area contributed by atoms with Gasteiger partial charge < -0.3 is 5.73 Å². The topological polar surface area (TPSA) is 72.2 Å². The van der Waals surface area contributed by atoms with Crippen LogP contribution in [0.3, 0.4) is 0 Å². The zero-order chi connectivity index (χ0) is 14.6. The molecule has 108 valence electrons. The van der Waals surface area contributed by atoms with Crippen LogP contribution in [0, 0.1) is 12.8 Å². The minimum absolute atomic E-state index is 0.297. The van der Waals surface area contributed by atoms with Crippen LogP contribution in [-0.4, -0.2) is 15.0 Å². The molecule has 0 atom stereocenters. The molecule has 0 aliphatic rings. The number of benzene rings is 1. The van der Waals surface area contributed by atoms with Crippen LogP contribution in [-0.2, 0) is 16.6 Å². The van der Waals surface area contributed by atoms with Crippen LogP contribution in [0.4, 0.5) is 0 Å². The number of halogens is 1. The lowest BCUT2D eigenvalue weighted by molar-refractivity contribution is 0.551. The van der Waals surface area contributed by atoms with Gasteiger partial charge in [0, 0.05) is 17.6 Å². The fourth-order valence-corrected chi connectivity index (χ4v) is 3.66. The molecule has 1 aromatic carbocycles. The van der Waals surface area contributed by atoms with Crippen LogP contribution in [0.5, 0.6) is 0 Å². The molecule has 4 nitrogen and oxygen atoms in total. The van der Waals surface area contributed by atoms with E-state index in [1.807, 2.05) is 6.07 Å². The second-order valence-electron chi connectivity index (χ2n) is 4.99. The summed E-state index contributed by atoms with van der Waals surface area (Å²) in [6.07, 6.45) is 0.816. The predicted octanol–water partition coefficient (Wildman–Crippen LogP) is 2.54. The third-order valence-corrected chi connectivity index (χ3v) is 5.31. The predicted molar refractivity (Wildman–Crippen MR) is 81.4 cm³/mol. The molecule has 0 radical (unpaired) electrons. The Kier molecular flexibility index (Phi) is 5.98. The van der Waals surface area contributed by atoms with Crippen molar-refractivity contribution in [1.29, 1.82) is 0 Å². The van der Waals surface area contributed by atoms with Crippen molar-refractivity contribution in [3.8, 4) is 0 Å². The van der Waals surface area contributed by atoms with Gasteiger partial charge >= 0.3 is 0 Å². The number of nitrogens with two attached hydrogens (primary N) is 1. The summed E-state index contributed by atoms with van der Waals surface area (Å²) in [4.78, 5) is 0.297. The molecular formula is C13H21BrN2O2S. The van der Waals surface area contributed by atoms with Crippen molar-refractivity contribution < 1.29 is 8.42 Å². The van der Waals surface area contributed by atoms with E-state index in [9.17, 15) is 8.42 Å². The molecule has 0 bridgehead atoms. The lowest BCUT2D eigenvalue weighted by Gasteiger charge is -2.13. The van der Waals surface area contributed by atoms with Gasteiger partial charge in [-0.1, -0.05) is 29.8 Å². The fourth-order valence-electron chi connectivity index (χ4n) is 1.66. The monoisotopic (exact) mass is 348 g/mol. The summed E-state index contributed by atoms with van der Waals surface area (Å²) >= 11 is 3.37. The second-order valence-corrected chi connectivity index (χ2v) is 7.57. The van der Waals surface area contributed by atoms with Crippen molar-refractivity contribution in [3.63, 3.8) is 0 Å². The van der Waals surface area contributed by atoms with Crippen LogP contribution in [0.25, 0.3) is 0 Å². The number of hydrogen-bond donors (Lipinski definition) is 2. The van der Waals surface area contributed by atoms with Gasteiger partial charge in [-0.3, -0.25) is 0 Å². The molecule has 0 fully saturated rings. The molecule has 1 aromatic rings. The van der Waals surface area contributed by atoms with Crippen LogP contribution in [0.15, 0.2) is 21.5 Å². The first-order chi connectivity index (χ1) is 8.77. The van der Waals surface area contributed by atoms with Crippen molar-refractivity contribution >= 4 is 26.0 Å². The Bertz CT molecular complexity index is 542. The van der Waals surface area contributed by atoms with Gasteiger partial charge in [0.1, 0.15) is 0 Å². The average Bonchev–Trinajstić information content (AvgIpc) is 2.31. The van der Waals surface area contributed by atoms with Crippen LogP contribution < -0.4 is 10.5 Å². The van der Waals surface area contributed by atoms with E-state index in [0.717, 1.165) is 16.5 Å². The Morgan fingerprint density at radius 1 is 1.37 bits per heavy atom. The molecule has 0 saturated heterocycles. The molecule has 3 N–H and O–H groups in total. The number of nitrogens with one attached hydrogen (secondary N) is 1. The largest absolute Gasteiger partial charge is 0.326 e. The number of rotatable bonds is 6. The maximum Gasteiger partial charge on any atom is 0.240 e. The first-order valence-electron chi connectivity index (χ1n) is 6.26. The third kappa shape index (κ3) is 4.56. The molecule has 0 unspecified atom stereocenters. The molecule has 0 aliphatic heterocycles. The molecule has 0 spiro atoms. The van der Waals surface area contributed by atoms with E-state index in [0.29, 0.717) is 29.5 Å². The SMILES string of the molecule is Cc1c(Br)cc(CN)cc1S(=O)(=O)NCCC(C)C. The van der Waals surface area contributed by atoms with E-state index in [-0.39, 0.29) is 0 Å². The summed E-state index contributed by atoms with van der Waals surface area (Å²) in [5.41, 5.74) is 7.08. The molecule has 0 aliphatic carbocycles. The summed E-state index contributed by atoms with van der Waals surface area (Å²) < 4.78 is 28.0. The highest BCUT2D eigenvalue weighted by Crippen LogP contribution is 2.25. The normalized spacial score (nSPS) is 12.1. The highest BCUT2D eigenvalue weighted by molar-refractivity contribution is 9.10. The maximum atomic E-state index is 12.3. The van der Waals surface area contributed by atoms with Gasteiger partial charge in [-0.15, -0.1) is 0 Å². The third-order valence-electron chi connectivity index (χ3n) is 2.90. The molecule has 0 aromatic heterocycles. The van der Waals surface area contributed by atoms with Crippen LogP contribution >= 0.6 is 15.9 Å². The van der Waals surface area contributed by atoms with E-state index in [1.165, 1.54) is 0 Å². The van der Waals surface area contributed by atoms with E-state index in [1.54, 1.807) is 13.0 Å². The van der Waals surface area contributed by atoms with Crippen LogP contribution in [0.2, 0.25) is 0 Å². The first kappa shape index (κ1) is 16.6. The van der Waals surface area contributed by atoms with Gasteiger partial charge in [-0.25, -0.2) is 13.1 Å².